The predicted molar refractivity (Wildman–Crippen MR) is 98.6 cm³/mol. The highest BCUT2D eigenvalue weighted by atomic mass is 32.2. The molecule has 4 atom stereocenters. The number of aromatic nitrogens is 2. The molecule has 2 aliphatic carbocycles. The van der Waals surface area contributed by atoms with Crippen LogP contribution < -0.4 is 10.2 Å². The van der Waals surface area contributed by atoms with E-state index in [1.54, 1.807) is 11.3 Å². The summed E-state index contributed by atoms with van der Waals surface area (Å²) in [5, 5.41) is 12.7. The number of rotatable bonds is 6. The Bertz CT molecular complexity index is 587. The number of hydrogen-bond donors (Lipinski definition) is 1. The number of carbonyl (C=O) groups is 1. The third kappa shape index (κ3) is 3.57. The first kappa shape index (κ1) is 16.6. The molecule has 24 heavy (non-hydrogen) atoms. The van der Waals surface area contributed by atoms with Crippen molar-refractivity contribution < 1.29 is 4.79 Å². The van der Waals surface area contributed by atoms with Crippen LogP contribution in [0, 0.1) is 17.8 Å². The molecule has 1 amide bonds. The molecule has 0 radical (unpaired) electrons. The van der Waals surface area contributed by atoms with Gasteiger partial charge in [0.15, 0.2) is 4.34 Å². The lowest BCUT2D eigenvalue weighted by Crippen LogP contribution is -2.40. The molecule has 5 nitrogen and oxygen atoms in total. The number of thioether (sulfide) groups is 1. The smallest absolute Gasteiger partial charge is 0.230 e. The van der Waals surface area contributed by atoms with Gasteiger partial charge in [-0.05, 0) is 56.8 Å². The highest BCUT2D eigenvalue weighted by Crippen LogP contribution is 2.49. The van der Waals surface area contributed by atoms with Gasteiger partial charge in [0.05, 0.1) is 5.75 Å². The molecule has 1 aromatic heterocycles. The molecule has 0 aromatic carbocycles. The Balaban J connectivity index is 1.23. The molecule has 132 valence electrons. The molecule has 0 unspecified atom stereocenters. The number of amides is 1. The molecular weight excluding hydrogens is 340 g/mol. The minimum absolute atomic E-state index is 0.133. The number of hydrogen-bond acceptors (Lipinski definition) is 6. The minimum atomic E-state index is 0.133. The van der Waals surface area contributed by atoms with Gasteiger partial charge in [0.25, 0.3) is 0 Å². The third-order valence-corrected chi connectivity index (χ3v) is 8.04. The average molecular weight is 367 g/mol. The van der Waals surface area contributed by atoms with Gasteiger partial charge in [-0.25, -0.2) is 0 Å². The predicted octanol–water partition coefficient (Wildman–Crippen LogP) is 3.17. The maximum absolute atomic E-state index is 12.3. The van der Waals surface area contributed by atoms with Gasteiger partial charge in [-0.1, -0.05) is 29.5 Å². The lowest BCUT2D eigenvalue weighted by molar-refractivity contribution is -0.119. The van der Waals surface area contributed by atoms with E-state index in [0.29, 0.717) is 17.7 Å². The van der Waals surface area contributed by atoms with E-state index in [0.717, 1.165) is 34.4 Å². The van der Waals surface area contributed by atoms with Gasteiger partial charge in [-0.3, -0.25) is 4.79 Å². The van der Waals surface area contributed by atoms with Crippen molar-refractivity contribution in [1.29, 1.82) is 0 Å². The Morgan fingerprint density at radius 1 is 1.33 bits per heavy atom. The summed E-state index contributed by atoms with van der Waals surface area (Å²) in [5.74, 6) is 3.05. The molecule has 1 saturated heterocycles. The number of anilines is 1. The van der Waals surface area contributed by atoms with Crippen LogP contribution in [0.5, 0.6) is 0 Å². The van der Waals surface area contributed by atoms with Crippen LogP contribution in [0.1, 0.15) is 45.4 Å². The number of nitrogens with zero attached hydrogens (tertiary/aromatic N) is 3. The summed E-state index contributed by atoms with van der Waals surface area (Å²) in [6.45, 7) is 4.35. The number of fused-ring (bicyclic) bond motifs is 2. The first-order valence-electron chi connectivity index (χ1n) is 9.19. The van der Waals surface area contributed by atoms with Crippen molar-refractivity contribution in [3.8, 4) is 0 Å². The van der Waals surface area contributed by atoms with E-state index in [1.165, 1.54) is 50.3 Å². The van der Waals surface area contributed by atoms with Crippen molar-refractivity contribution in [2.24, 2.45) is 17.8 Å². The second kappa shape index (κ2) is 7.20. The zero-order chi connectivity index (χ0) is 16.5. The first-order valence-corrected chi connectivity index (χ1v) is 11.0. The molecule has 1 aromatic rings. The SMILES string of the molecule is C[C@@H](NC(=O)CSc1nnc(N2CCCC2)s1)[C@@H]1C[C@H]2CC[C@H]1C2. The van der Waals surface area contributed by atoms with Crippen LogP contribution in [0.3, 0.4) is 0 Å². The second-order valence-electron chi connectivity index (χ2n) is 7.53. The van der Waals surface area contributed by atoms with Gasteiger partial charge >= 0.3 is 0 Å². The Hall–Kier alpha value is -0.820. The van der Waals surface area contributed by atoms with E-state index in [2.05, 4.69) is 27.3 Å². The van der Waals surface area contributed by atoms with E-state index in [9.17, 15) is 4.79 Å². The van der Waals surface area contributed by atoms with Gasteiger partial charge in [0.2, 0.25) is 11.0 Å². The second-order valence-corrected chi connectivity index (χ2v) is 9.71. The monoisotopic (exact) mass is 366 g/mol. The average Bonchev–Trinajstić information content (AvgIpc) is 3.37. The summed E-state index contributed by atoms with van der Waals surface area (Å²) in [5.41, 5.74) is 0. The lowest BCUT2D eigenvalue weighted by atomic mass is 9.84. The Morgan fingerprint density at radius 3 is 2.88 bits per heavy atom. The standard InChI is InChI=1S/C17H26N4OS2/c1-11(14-9-12-4-5-13(14)8-12)18-15(22)10-23-17-20-19-16(24-17)21-6-2-3-7-21/h11-14H,2-10H2,1H3,(H,18,22)/t11-,12+,13+,14+/m1/s1. The van der Waals surface area contributed by atoms with Crippen LogP contribution in [0.4, 0.5) is 5.13 Å². The molecule has 2 heterocycles. The fraction of sp³-hybridized carbons (Fsp3) is 0.824. The molecule has 4 rings (SSSR count). The van der Waals surface area contributed by atoms with Gasteiger partial charge in [0.1, 0.15) is 0 Å². The van der Waals surface area contributed by atoms with E-state index >= 15 is 0 Å². The largest absolute Gasteiger partial charge is 0.353 e. The maximum Gasteiger partial charge on any atom is 0.230 e. The van der Waals surface area contributed by atoms with Crippen LogP contribution in [0.25, 0.3) is 0 Å². The molecule has 0 spiro atoms. The molecule has 7 heteroatoms. The Morgan fingerprint density at radius 2 is 2.17 bits per heavy atom. The van der Waals surface area contributed by atoms with Crippen molar-refractivity contribution in [1.82, 2.24) is 15.5 Å². The molecule has 2 saturated carbocycles. The van der Waals surface area contributed by atoms with Gasteiger partial charge in [-0.2, -0.15) is 0 Å². The summed E-state index contributed by atoms with van der Waals surface area (Å²) < 4.78 is 0.902. The van der Waals surface area contributed by atoms with E-state index in [1.807, 2.05) is 0 Å². The highest BCUT2D eigenvalue weighted by molar-refractivity contribution is 8.01. The molecule has 3 fully saturated rings. The Labute approximate surface area is 152 Å². The topological polar surface area (TPSA) is 58.1 Å². The number of carbonyl (C=O) groups excluding carboxylic acids is 1. The van der Waals surface area contributed by atoms with E-state index < -0.39 is 0 Å². The zero-order valence-corrected chi connectivity index (χ0v) is 15.9. The van der Waals surface area contributed by atoms with Crippen molar-refractivity contribution in [3.63, 3.8) is 0 Å². The van der Waals surface area contributed by atoms with Crippen molar-refractivity contribution in [3.05, 3.63) is 0 Å². The van der Waals surface area contributed by atoms with Crippen LogP contribution in [0.2, 0.25) is 0 Å². The van der Waals surface area contributed by atoms with Crippen molar-refractivity contribution >= 4 is 34.1 Å². The molecule has 3 aliphatic rings. The highest BCUT2D eigenvalue weighted by Gasteiger charge is 2.42. The van der Waals surface area contributed by atoms with E-state index in [-0.39, 0.29) is 5.91 Å². The maximum atomic E-state index is 12.3. The summed E-state index contributed by atoms with van der Waals surface area (Å²) in [4.78, 5) is 14.6. The summed E-state index contributed by atoms with van der Waals surface area (Å²) in [6.07, 6.45) is 7.97. The summed E-state index contributed by atoms with van der Waals surface area (Å²) in [7, 11) is 0. The van der Waals surface area contributed by atoms with Crippen LogP contribution in [-0.4, -0.2) is 41.0 Å². The normalized spacial score (nSPS) is 30.0. The summed E-state index contributed by atoms with van der Waals surface area (Å²) >= 11 is 3.13. The quantitative estimate of drug-likeness (QED) is 0.784. The van der Waals surface area contributed by atoms with Gasteiger partial charge in [0, 0.05) is 19.1 Å². The number of nitrogens with one attached hydrogen (secondary N) is 1. The van der Waals surface area contributed by atoms with E-state index in [4.69, 9.17) is 0 Å². The van der Waals surface area contributed by atoms with Crippen molar-refractivity contribution in [2.45, 2.75) is 55.8 Å². The first-order chi connectivity index (χ1) is 11.7. The van der Waals surface area contributed by atoms with Crippen molar-refractivity contribution in [2.75, 3.05) is 23.7 Å². The summed E-state index contributed by atoms with van der Waals surface area (Å²) in [6, 6.07) is 0.308. The van der Waals surface area contributed by atoms with Gasteiger partial charge < -0.3 is 10.2 Å². The van der Waals surface area contributed by atoms with Crippen LogP contribution >= 0.6 is 23.1 Å². The third-order valence-electron chi connectivity index (χ3n) is 5.92. The minimum Gasteiger partial charge on any atom is -0.353 e. The zero-order valence-electron chi connectivity index (χ0n) is 14.2. The fourth-order valence-corrected chi connectivity index (χ4v) is 6.44. The Kier molecular flexibility index (Phi) is 4.99. The molecule has 1 N–H and O–H groups in total. The van der Waals surface area contributed by atoms with Crippen LogP contribution in [0.15, 0.2) is 4.34 Å². The fourth-order valence-electron chi connectivity index (χ4n) is 4.73. The van der Waals surface area contributed by atoms with Crippen LogP contribution in [-0.2, 0) is 4.79 Å². The molecular formula is C17H26N4OS2. The molecule has 1 aliphatic heterocycles. The molecule has 2 bridgehead atoms. The van der Waals surface area contributed by atoms with Gasteiger partial charge in [-0.15, -0.1) is 10.2 Å². The lowest BCUT2D eigenvalue weighted by Gasteiger charge is -2.28.